The number of likely N-dealkylation sites (tertiary alicyclic amines) is 2. The zero-order valence-corrected chi connectivity index (χ0v) is 15.6. The molecule has 0 aromatic heterocycles. The molecule has 144 valence electrons. The summed E-state index contributed by atoms with van der Waals surface area (Å²) in [4.78, 5) is 28.2. The Bertz CT molecular complexity index is 730. The molecule has 8 nitrogen and oxygen atoms in total. The van der Waals surface area contributed by atoms with Crippen LogP contribution in [0.3, 0.4) is 0 Å². The van der Waals surface area contributed by atoms with Gasteiger partial charge in [-0.15, -0.1) is 0 Å². The Balaban J connectivity index is 1.47. The van der Waals surface area contributed by atoms with Crippen LogP contribution in [0.5, 0.6) is 0 Å². The van der Waals surface area contributed by atoms with Crippen molar-refractivity contribution < 1.29 is 29.3 Å². The lowest BCUT2D eigenvalue weighted by molar-refractivity contribution is -0.428. The van der Waals surface area contributed by atoms with Gasteiger partial charge in [-0.2, -0.15) is 0 Å². The summed E-state index contributed by atoms with van der Waals surface area (Å²) in [5.74, 6) is -3.41. The second-order valence-electron chi connectivity index (χ2n) is 9.55. The van der Waals surface area contributed by atoms with E-state index in [1.165, 1.54) is 0 Å². The first-order valence-corrected chi connectivity index (χ1v) is 9.39. The van der Waals surface area contributed by atoms with Gasteiger partial charge in [0.25, 0.3) is 0 Å². The third-order valence-electron chi connectivity index (χ3n) is 6.82. The number of nitrogens with zero attached hydrogens (tertiary/aromatic N) is 2. The second kappa shape index (κ2) is 4.27. The highest BCUT2D eigenvalue weighted by atomic mass is 16.8. The van der Waals surface area contributed by atoms with E-state index < -0.39 is 28.2 Å². The number of carbonyl (C=O) groups is 2. The lowest BCUT2D eigenvalue weighted by atomic mass is 9.94. The molecular formula is C18H26N2O6. The van der Waals surface area contributed by atoms with E-state index >= 15 is 0 Å². The second-order valence-corrected chi connectivity index (χ2v) is 9.55. The topological polar surface area (TPSA) is 99.5 Å². The van der Waals surface area contributed by atoms with E-state index in [9.17, 15) is 19.8 Å². The highest BCUT2D eigenvalue weighted by Gasteiger charge is 2.91. The molecule has 5 rings (SSSR count). The van der Waals surface area contributed by atoms with E-state index in [4.69, 9.17) is 9.47 Å². The van der Waals surface area contributed by atoms with Gasteiger partial charge in [-0.1, -0.05) is 27.7 Å². The predicted molar refractivity (Wildman–Crippen MR) is 87.5 cm³/mol. The van der Waals surface area contributed by atoms with Crippen LogP contribution >= 0.6 is 0 Å². The zero-order valence-electron chi connectivity index (χ0n) is 15.6. The van der Waals surface area contributed by atoms with Crippen molar-refractivity contribution in [1.82, 2.24) is 9.80 Å². The van der Waals surface area contributed by atoms with Crippen molar-refractivity contribution in [3.63, 3.8) is 0 Å². The number of carbonyl (C=O) groups excluding carboxylic acids is 2. The minimum absolute atomic E-state index is 0.0278. The van der Waals surface area contributed by atoms with Gasteiger partial charge in [0.15, 0.2) is 0 Å². The van der Waals surface area contributed by atoms with Gasteiger partial charge in [-0.05, 0) is 0 Å². The van der Waals surface area contributed by atoms with Crippen LogP contribution in [0.25, 0.3) is 0 Å². The van der Waals surface area contributed by atoms with Crippen molar-refractivity contribution in [2.24, 2.45) is 5.41 Å². The van der Waals surface area contributed by atoms with Crippen LogP contribution in [0.15, 0.2) is 0 Å². The molecule has 2 saturated carbocycles. The van der Waals surface area contributed by atoms with Crippen molar-refractivity contribution in [3.05, 3.63) is 0 Å². The van der Waals surface area contributed by atoms with E-state index in [1.54, 1.807) is 16.7 Å². The Hall–Kier alpha value is -1.22. The number of hydrogen-bond donors (Lipinski definition) is 2. The number of hydrogen-bond acceptors (Lipinski definition) is 6. The van der Waals surface area contributed by atoms with Crippen LogP contribution in [0.4, 0.5) is 0 Å². The molecule has 3 saturated heterocycles. The average Bonchev–Trinajstić information content (AvgIpc) is 3.39. The maximum Gasteiger partial charge on any atom is 0.228 e. The van der Waals surface area contributed by atoms with E-state index in [0.717, 1.165) is 0 Å². The summed E-state index contributed by atoms with van der Waals surface area (Å²) in [7, 11) is 0. The lowest BCUT2D eigenvalue weighted by Gasteiger charge is -2.48. The normalized spacial score (nSPS) is 50.7. The Morgan fingerprint density at radius 3 is 1.92 bits per heavy atom. The van der Waals surface area contributed by atoms with Crippen LogP contribution in [-0.4, -0.2) is 79.8 Å². The fourth-order valence-electron chi connectivity index (χ4n) is 5.30. The number of piperidine rings is 2. The van der Waals surface area contributed by atoms with Crippen LogP contribution in [0.1, 0.15) is 47.0 Å². The Morgan fingerprint density at radius 2 is 1.46 bits per heavy atom. The molecule has 0 bridgehead atoms. The summed E-state index contributed by atoms with van der Waals surface area (Å²) in [6, 6.07) is -0.598. The molecule has 3 heterocycles. The van der Waals surface area contributed by atoms with Crippen molar-refractivity contribution in [2.45, 2.75) is 81.8 Å². The van der Waals surface area contributed by atoms with Gasteiger partial charge < -0.3 is 29.5 Å². The molecule has 5 fully saturated rings. The molecule has 5 aliphatic rings. The molecule has 0 aromatic carbocycles. The first kappa shape index (κ1) is 16.9. The predicted octanol–water partition coefficient (Wildman–Crippen LogP) is -0.427. The maximum atomic E-state index is 12.8. The monoisotopic (exact) mass is 366 g/mol. The lowest BCUT2D eigenvalue weighted by Crippen LogP contribution is -2.68. The summed E-state index contributed by atoms with van der Waals surface area (Å²) in [5.41, 5.74) is -2.77. The molecular weight excluding hydrogens is 340 g/mol. The smallest absolute Gasteiger partial charge is 0.228 e. The molecule has 2 unspecified atom stereocenters. The van der Waals surface area contributed by atoms with E-state index in [0.29, 0.717) is 19.3 Å². The first-order chi connectivity index (χ1) is 11.9. The number of amides is 2. The number of aliphatic hydroxyl groups is 2. The van der Waals surface area contributed by atoms with Crippen LogP contribution in [0.2, 0.25) is 0 Å². The highest BCUT2D eigenvalue weighted by Crippen LogP contribution is 2.71. The average molecular weight is 366 g/mol. The van der Waals surface area contributed by atoms with Crippen molar-refractivity contribution >= 4 is 11.8 Å². The van der Waals surface area contributed by atoms with Crippen molar-refractivity contribution in [3.8, 4) is 0 Å². The van der Waals surface area contributed by atoms with E-state index in [1.807, 2.05) is 20.8 Å². The van der Waals surface area contributed by atoms with Gasteiger partial charge in [0.2, 0.25) is 23.4 Å². The molecule has 8 heteroatoms. The van der Waals surface area contributed by atoms with Crippen molar-refractivity contribution in [1.29, 1.82) is 0 Å². The van der Waals surface area contributed by atoms with Crippen LogP contribution in [0, 0.1) is 5.41 Å². The maximum absolute atomic E-state index is 12.8. The Morgan fingerprint density at radius 1 is 1.00 bits per heavy atom. The van der Waals surface area contributed by atoms with Gasteiger partial charge in [0.05, 0.1) is 25.2 Å². The van der Waals surface area contributed by atoms with Crippen molar-refractivity contribution in [2.75, 3.05) is 13.1 Å². The van der Waals surface area contributed by atoms with Crippen LogP contribution in [-0.2, 0) is 19.1 Å². The Kier molecular flexibility index (Phi) is 2.78. The van der Waals surface area contributed by atoms with Gasteiger partial charge in [0, 0.05) is 24.7 Å². The van der Waals surface area contributed by atoms with Gasteiger partial charge in [-0.3, -0.25) is 9.59 Å². The van der Waals surface area contributed by atoms with E-state index in [2.05, 4.69) is 0 Å². The SMILES string of the molecule is CCC(=O)N1C[C@]2(O)O[C@@]34CC3N(C(=O)C(C)(C)C)C[C@]4(O)O[C@]23CC13. The summed E-state index contributed by atoms with van der Waals surface area (Å²) in [6.07, 6.45) is 1.20. The Labute approximate surface area is 152 Å². The molecule has 2 aliphatic carbocycles. The summed E-state index contributed by atoms with van der Waals surface area (Å²) in [5, 5.41) is 22.5. The third kappa shape index (κ3) is 1.66. The highest BCUT2D eigenvalue weighted by molar-refractivity contribution is 5.83. The van der Waals surface area contributed by atoms with E-state index in [-0.39, 0.29) is 37.0 Å². The number of rotatable bonds is 1. The fraction of sp³-hybridized carbons (Fsp3) is 0.889. The quantitative estimate of drug-likeness (QED) is 0.654. The number of β-amino-alcohol motifs (C(OH)–C–C–N with tert-alkyl or cyclic N) is 2. The molecule has 26 heavy (non-hydrogen) atoms. The summed E-state index contributed by atoms with van der Waals surface area (Å²) >= 11 is 0. The molecule has 3 aliphatic heterocycles. The summed E-state index contributed by atoms with van der Waals surface area (Å²) in [6.45, 7) is 7.36. The standard InChI is InChI=1S/C18H26N2O6/c1-5-12(21)19-8-17(23)15(6-10(15)19)25-18(24)9-20(13(22)14(2,3)4)11-7-16(11,18)26-17/h10-11,23-24H,5-9H2,1-4H3/t10?,11?,15-,16-,17-,18-/m0/s1. The van der Waals surface area contributed by atoms with Gasteiger partial charge >= 0.3 is 0 Å². The zero-order chi connectivity index (χ0) is 18.9. The minimum atomic E-state index is -1.65. The van der Waals surface area contributed by atoms with Gasteiger partial charge in [0.1, 0.15) is 11.2 Å². The molecule has 0 radical (unpaired) electrons. The van der Waals surface area contributed by atoms with Gasteiger partial charge in [-0.25, -0.2) is 0 Å². The molecule has 2 N–H and O–H groups in total. The minimum Gasteiger partial charge on any atom is -0.362 e. The fourth-order valence-corrected chi connectivity index (χ4v) is 5.30. The molecule has 0 aromatic rings. The largest absolute Gasteiger partial charge is 0.362 e. The summed E-state index contributed by atoms with van der Waals surface area (Å²) < 4.78 is 12.3. The number of ether oxygens (including phenoxy) is 2. The first-order valence-electron chi connectivity index (χ1n) is 9.39. The third-order valence-corrected chi connectivity index (χ3v) is 6.82. The molecule has 6 atom stereocenters. The van der Waals surface area contributed by atoms with Crippen LogP contribution < -0.4 is 0 Å². The molecule has 2 spiro atoms. The molecule has 2 amide bonds.